The predicted octanol–water partition coefficient (Wildman–Crippen LogP) is 2.18. The lowest BCUT2D eigenvalue weighted by atomic mass is 9.90. The first-order chi connectivity index (χ1) is 9.19. The molecule has 0 aromatic rings. The van der Waals surface area contributed by atoms with Crippen LogP contribution in [-0.4, -0.2) is 49.7 Å². The summed E-state index contributed by atoms with van der Waals surface area (Å²) in [4.78, 5) is 14.0. The van der Waals surface area contributed by atoms with Crippen molar-refractivity contribution in [1.82, 2.24) is 10.2 Å². The first kappa shape index (κ1) is 16.4. The maximum Gasteiger partial charge on any atom is 0.222 e. The van der Waals surface area contributed by atoms with Crippen LogP contribution in [0.3, 0.4) is 0 Å². The first-order valence-electron chi connectivity index (χ1n) is 7.75. The number of carbonyl (C=O) groups excluding carboxylic acids is 1. The van der Waals surface area contributed by atoms with E-state index in [0.717, 1.165) is 32.4 Å². The SMILES string of the molecule is CCNC1CCC(N(C)C(=O)CCCOCC)CC1. The Labute approximate surface area is 117 Å². The molecular weight excluding hydrogens is 240 g/mol. The van der Waals surface area contributed by atoms with Crippen molar-refractivity contribution in [3.05, 3.63) is 0 Å². The third-order valence-electron chi connectivity index (χ3n) is 4.01. The van der Waals surface area contributed by atoms with Crippen molar-refractivity contribution < 1.29 is 9.53 Å². The van der Waals surface area contributed by atoms with E-state index in [1.54, 1.807) is 0 Å². The molecule has 0 heterocycles. The van der Waals surface area contributed by atoms with Crippen LogP contribution in [0.1, 0.15) is 52.4 Å². The van der Waals surface area contributed by atoms with Crippen molar-refractivity contribution in [3.63, 3.8) is 0 Å². The van der Waals surface area contributed by atoms with Crippen LogP contribution in [0.25, 0.3) is 0 Å². The maximum atomic E-state index is 12.1. The Morgan fingerprint density at radius 2 is 1.95 bits per heavy atom. The molecule has 1 fully saturated rings. The first-order valence-corrected chi connectivity index (χ1v) is 7.75. The van der Waals surface area contributed by atoms with E-state index in [0.29, 0.717) is 25.1 Å². The molecule has 4 nitrogen and oxygen atoms in total. The zero-order valence-electron chi connectivity index (χ0n) is 12.8. The van der Waals surface area contributed by atoms with Crippen molar-refractivity contribution in [2.24, 2.45) is 0 Å². The highest BCUT2D eigenvalue weighted by molar-refractivity contribution is 5.76. The predicted molar refractivity (Wildman–Crippen MR) is 78.2 cm³/mol. The summed E-state index contributed by atoms with van der Waals surface area (Å²) in [6.45, 7) is 6.61. The smallest absolute Gasteiger partial charge is 0.222 e. The topological polar surface area (TPSA) is 41.6 Å². The van der Waals surface area contributed by atoms with Gasteiger partial charge in [0.05, 0.1) is 0 Å². The second kappa shape index (κ2) is 9.32. The minimum absolute atomic E-state index is 0.270. The normalized spacial score (nSPS) is 23.3. The number of rotatable bonds is 8. The number of carbonyl (C=O) groups is 1. The largest absolute Gasteiger partial charge is 0.382 e. The van der Waals surface area contributed by atoms with Crippen LogP contribution in [0.5, 0.6) is 0 Å². The Bertz CT molecular complexity index is 251. The number of hydrogen-bond acceptors (Lipinski definition) is 3. The fourth-order valence-electron chi connectivity index (χ4n) is 2.81. The van der Waals surface area contributed by atoms with E-state index in [2.05, 4.69) is 12.2 Å². The van der Waals surface area contributed by atoms with E-state index < -0.39 is 0 Å². The van der Waals surface area contributed by atoms with Crippen molar-refractivity contribution in [3.8, 4) is 0 Å². The molecule has 0 saturated heterocycles. The average molecular weight is 270 g/mol. The van der Waals surface area contributed by atoms with Crippen molar-refractivity contribution >= 4 is 5.91 Å². The molecular formula is C15H30N2O2. The molecule has 1 aliphatic carbocycles. The molecule has 0 radical (unpaired) electrons. The minimum atomic E-state index is 0.270. The quantitative estimate of drug-likeness (QED) is 0.687. The summed E-state index contributed by atoms with van der Waals surface area (Å²) in [5.74, 6) is 0.270. The van der Waals surface area contributed by atoms with E-state index in [9.17, 15) is 4.79 Å². The molecule has 1 rings (SSSR count). The van der Waals surface area contributed by atoms with Gasteiger partial charge in [0.25, 0.3) is 0 Å². The third kappa shape index (κ3) is 5.91. The maximum absolute atomic E-state index is 12.1. The van der Waals surface area contributed by atoms with Gasteiger partial charge >= 0.3 is 0 Å². The lowest BCUT2D eigenvalue weighted by Crippen LogP contribution is -2.43. The van der Waals surface area contributed by atoms with Crippen molar-refractivity contribution in [1.29, 1.82) is 0 Å². The molecule has 0 aromatic heterocycles. The van der Waals surface area contributed by atoms with Crippen LogP contribution in [0, 0.1) is 0 Å². The van der Waals surface area contributed by atoms with Crippen LogP contribution in [-0.2, 0) is 9.53 Å². The summed E-state index contributed by atoms with van der Waals surface area (Å²) < 4.78 is 5.27. The second-order valence-electron chi connectivity index (χ2n) is 5.37. The molecule has 4 heteroatoms. The van der Waals surface area contributed by atoms with Gasteiger partial charge in [-0.25, -0.2) is 0 Å². The highest BCUT2D eigenvalue weighted by atomic mass is 16.5. The monoisotopic (exact) mass is 270 g/mol. The van der Waals surface area contributed by atoms with Gasteiger partial charge in [-0.1, -0.05) is 6.92 Å². The molecule has 0 bridgehead atoms. The highest BCUT2D eigenvalue weighted by Crippen LogP contribution is 2.22. The molecule has 19 heavy (non-hydrogen) atoms. The van der Waals surface area contributed by atoms with E-state index in [1.165, 1.54) is 12.8 Å². The minimum Gasteiger partial charge on any atom is -0.382 e. The van der Waals surface area contributed by atoms with Crippen molar-refractivity contribution in [2.75, 3.05) is 26.8 Å². The van der Waals surface area contributed by atoms with Crippen LogP contribution < -0.4 is 5.32 Å². The van der Waals surface area contributed by atoms with E-state index in [1.807, 2.05) is 18.9 Å². The standard InChI is InChI=1S/C15H30N2O2/c1-4-16-13-8-10-14(11-9-13)17(3)15(18)7-6-12-19-5-2/h13-14,16H,4-12H2,1-3H3. The zero-order chi connectivity index (χ0) is 14.1. The van der Waals surface area contributed by atoms with Gasteiger partial charge in [0.2, 0.25) is 5.91 Å². The Kier molecular flexibility index (Phi) is 8.07. The number of amides is 1. The fourth-order valence-corrected chi connectivity index (χ4v) is 2.81. The van der Waals surface area contributed by atoms with Gasteiger partial charge in [-0.15, -0.1) is 0 Å². The Morgan fingerprint density at radius 1 is 1.26 bits per heavy atom. The van der Waals surface area contributed by atoms with Crippen LogP contribution in [0.2, 0.25) is 0 Å². The average Bonchev–Trinajstić information content (AvgIpc) is 2.44. The van der Waals surface area contributed by atoms with Gasteiger partial charge in [0.1, 0.15) is 0 Å². The molecule has 1 amide bonds. The summed E-state index contributed by atoms with van der Waals surface area (Å²) in [5.41, 5.74) is 0. The number of ether oxygens (including phenoxy) is 1. The van der Waals surface area contributed by atoms with Crippen LogP contribution >= 0.6 is 0 Å². The van der Waals surface area contributed by atoms with Crippen LogP contribution in [0.4, 0.5) is 0 Å². The number of hydrogen-bond donors (Lipinski definition) is 1. The fraction of sp³-hybridized carbons (Fsp3) is 0.933. The molecule has 1 saturated carbocycles. The summed E-state index contributed by atoms with van der Waals surface area (Å²) in [5, 5.41) is 3.50. The summed E-state index contributed by atoms with van der Waals surface area (Å²) >= 11 is 0. The molecule has 0 unspecified atom stereocenters. The molecule has 1 N–H and O–H groups in total. The Morgan fingerprint density at radius 3 is 2.53 bits per heavy atom. The van der Waals surface area contributed by atoms with Gasteiger partial charge in [0, 0.05) is 38.8 Å². The van der Waals surface area contributed by atoms with Gasteiger partial charge in [-0.05, 0) is 45.6 Å². The van der Waals surface area contributed by atoms with Gasteiger partial charge in [-0.2, -0.15) is 0 Å². The lowest BCUT2D eigenvalue weighted by Gasteiger charge is -2.35. The van der Waals surface area contributed by atoms with E-state index in [4.69, 9.17) is 4.74 Å². The Hall–Kier alpha value is -0.610. The molecule has 0 aromatic carbocycles. The summed E-state index contributed by atoms with van der Waals surface area (Å²) in [6.07, 6.45) is 6.09. The van der Waals surface area contributed by atoms with Gasteiger partial charge < -0.3 is 15.0 Å². The van der Waals surface area contributed by atoms with Crippen LogP contribution in [0.15, 0.2) is 0 Å². The van der Waals surface area contributed by atoms with Gasteiger partial charge in [0.15, 0.2) is 0 Å². The molecule has 112 valence electrons. The lowest BCUT2D eigenvalue weighted by molar-refractivity contribution is -0.133. The molecule has 0 spiro atoms. The highest BCUT2D eigenvalue weighted by Gasteiger charge is 2.25. The van der Waals surface area contributed by atoms with E-state index in [-0.39, 0.29) is 5.91 Å². The zero-order valence-corrected chi connectivity index (χ0v) is 12.8. The molecule has 1 aliphatic rings. The second-order valence-corrected chi connectivity index (χ2v) is 5.37. The van der Waals surface area contributed by atoms with Crippen molar-refractivity contribution in [2.45, 2.75) is 64.5 Å². The van der Waals surface area contributed by atoms with Gasteiger partial charge in [-0.3, -0.25) is 4.79 Å². The van der Waals surface area contributed by atoms with E-state index >= 15 is 0 Å². The Balaban J connectivity index is 2.22. The summed E-state index contributed by atoms with van der Waals surface area (Å²) in [6, 6.07) is 1.09. The molecule has 0 aliphatic heterocycles. The number of nitrogens with one attached hydrogen (secondary N) is 1. The number of nitrogens with zero attached hydrogens (tertiary/aromatic N) is 1. The molecule has 0 atom stereocenters. The third-order valence-corrected chi connectivity index (χ3v) is 4.01. The summed E-state index contributed by atoms with van der Waals surface area (Å²) in [7, 11) is 1.96.